The summed E-state index contributed by atoms with van der Waals surface area (Å²) in [5.41, 5.74) is 2.78. The van der Waals surface area contributed by atoms with Gasteiger partial charge in [0.15, 0.2) is 0 Å². The highest BCUT2D eigenvalue weighted by atomic mass is 14.9. The van der Waals surface area contributed by atoms with Gasteiger partial charge in [-0.2, -0.15) is 0 Å². The molecule has 0 aliphatic carbocycles. The number of hydrogen-bond acceptors (Lipinski definition) is 2. The molecule has 0 aliphatic heterocycles. The smallest absolute Gasteiger partial charge is 0.0270 e. The van der Waals surface area contributed by atoms with E-state index in [9.17, 15) is 0 Å². The molecule has 1 heterocycles. The van der Waals surface area contributed by atoms with Crippen LogP contribution in [0.3, 0.4) is 0 Å². The third-order valence-electron chi connectivity index (χ3n) is 3.54. The van der Waals surface area contributed by atoms with E-state index in [-0.39, 0.29) is 0 Å². The summed E-state index contributed by atoms with van der Waals surface area (Å²) in [4.78, 5) is 4.09. The standard InChI is InChI=1S/C18H24N2/c1-2-12-20-18(15-17-10-13-19-14-11-17)9-8-16-6-4-3-5-7-16/h3-7,10-11,13-14,18,20H,2,8-9,12,15H2,1H3. The molecule has 1 aromatic carbocycles. The first kappa shape index (κ1) is 14.7. The highest BCUT2D eigenvalue weighted by Gasteiger charge is 2.09. The first-order chi connectivity index (χ1) is 9.88. The summed E-state index contributed by atoms with van der Waals surface area (Å²) in [5, 5.41) is 3.67. The molecule has 1 unspecified atom stereocenters. The van der Waals surface area contributed by atoms with Crippen LogP contribution in [0.4, 0.5) is 0 Å². The zero-order valence-electron chi connectivity index (χ0n) is 12.3. The van der Waals surface area contributed by atoms with Crippen LogP contribution in [-0.4, -0.2) is 17.6 Å². The van der Waals surface area contributed by atoms with Crippen molar-refractivity contribution in [3.8, 4) is 0 Å². The number of aromatic nitrogens is 1. The van der Waals surface area contributed by atoms with E-state index in [0.717, 1.165) is 19.4 Å². The lowest BCUT2D eigenvalue weighted by atomic mass is 9.99. The van der Waals surface area contributed by atoms with Crippen LogP contribution in [0.2, 0.25) is 0 Å². The van der Waals surface area contributed by atoms with E-state index in [0.29, 0.717) is 6.04 Å². The zero-order valence-corrected chi connectivity index (χ0v) is 12.3. The first-order valence-corrected chi connectivity index (χ1v) is 7.54. The van der Waals surface area contributed by atoms with Gasteiger partial charge < -0.3 is 5.32 Å². The van der Waals surface area contributed by atoms with Crippen LogP contribution in [0, 0.1) is 0 Å². The molecule has 2 heteroatoms. The molecule has 1 atom stereocenters. The van der Waals surface area contributed by atoms with Gasteiger partial charge in [0, 0.05) is 18.4 Å². The minimum absolute atomic E-state index is 0.539. The summed E-state index contributed by atoms with van der Waals surface area (Å²) in [6.45, 7) is 3.30. The summed E-state index contributed by atoms with van der Waals surface area (Å²) >= 11 is 0. The molecule has 0 bridgehead atoms. The van der Waals surface area contributed by atoms with E-state index < -0.39 is 0 Å². The topological polar surface area (TPSA) is 24.9 Å². The summed E-state index contributed by atoms with van der Waals surface area (Å²) in [6.07, 6.45) is 8.32. The zero-order chi connectivity index (χ0) is 14.0. The van der Waals surface area contributed by atoms with Crippen LogP contribution >= 0.6 is 0 Å². The van der Waals surface area contributed by atoms with Gasteiger partial charge in [0.2, 0.25) is 0 Å². The lowest BCUT2D eigenvalue weighted by molar-refractivity contribution is 0.477. The predicted molar refractivity (Wildman–Crippen MR) is 84.8 cm³/mol. The maximum Gasteiger partial charge on any atom is 0.0270 e. The predicted octanol–water partition coefficient (Wildman–Crippen LogP) is 3.63. The van der Waals surface area contributed by atoms with Crippen molar-refractivity contribution >= 4 is 0 Å². The van der Waals surface area contributed by atoms with Crippen molar-refractivity contribution in [3.63, 3.8) is 0 Å². The molecular weight excluding hydrogens is 244 g/mol. The number of pyridine rings is 1. The molecule has 0 aliphatic rings. The Morgan fingerprint density at radius 1 is 1.00 bits per heavy atom. The van der Waals surface area contributed by atoms with E-state index in [1.54, 1.807) is 0 Å². The molecular formula is C18H24N2. The van der Waals surface area contributed by atoms with Gasteiger partial charge in [0.1, 0.15) is 0 Å². The summed E-state index contributed by atoms with van der Waals surface area (Å²) in [5.74, 6) is 0. The van der Waals surface area contributed by atoms with Crippen molar-refractivity contribution in [1.82, 2.24) is 10.3 Å². The average Bonchev–Trinajstić information content (AvgIpc) is 2.52. The van der Waals surface area contributed by atoms with Crippen molar-refractivity contribution in [2.75, 3.05) is 6.54 Å². The third kappa shape index (κ3) is 5.14. The number of rotatable bonds is 8. The Hall–Kier alpha value is -1.67. The molecule has 0 spiro atoms. The average molecular weight is 268 g/mol. The fourth-order valence-electron chi connectivity index (χ4n) is 2.41. The Bertz CT molecular complexity index is 467. The van der Waals surface area contributed by atoms with Gasteiger partial charge in [0.05, 0.1) is 0 Å². The number of nitrogens with zero attached hydrogens (tertiary/aromatic N) is 1. The minimum Gasteiger partial charge on any atom is -0.314 e. The molecule has 2 nitrogen and oxygen atoms in total. The molecule has 2 aromatic rings. The molecule has 0 radical (unpaired) electrons. The normalized spacial score (nSPS) is 12.2. The summed E-state index contributed by atoms with van der Waals surface area (Å²) in [7, 11) is 0. The SMILES string of the molecule is CCCNC(CCc1ccccc1)Cc1ccncc1. The fraction of sp³-hybridized carbons (Fsp3) is 0.389. The number of benzene rings is 1. The molecule has 106 valence electrons. The minimum atomic E-state index is 0.539. The van der Waals surface area contributed by atoms with Crippen LogP contribution in [0.1, 0.15) is 30.9 Å². The second-order valence-electron chi connectivity index (χ2n) is 5.23. The largest absolute Gasteiger partial charge is 0.314 e. The fourth-order valence-corrected chi connectivity index (χ4v) is 2.41. The van der Waals surface area contributed by atoms with Crippen molar-refractivity contribution in [2.45, 2.75) is 38.6 Å². The van der Waals surface area contributed by atoms with Gasteiger partial charge in [-0.25, -0.2) is 0 Å². The van der Waals surface area contributed by atoms with Crippen LogP contribution in [0.25, 0.3) is 0 Å². The Balaban J connectivity index is 1.89. The van der Waals surface area contributed by atoms with Gasteiger partial charge in [-0.05, 0) is 55.5 Å². The van der Waals surface area contributed by atoms with E-state index in [1.807, 2.05) is 12.4 Å². The number of aryl methyl sites for hydroxylation is 1. The van der Waals surface area contributed by atoms with Gasteiger partial charge in [-0.1, -0.05) is 37.3 Å². The van der Waals surface area contributed by atoms with E-state index in [1.165, 1.54) is 24.0 Å². The van der Waals surface area contributed by atoms with Gasteiger partial charge >= 0.3 is 0 Å². The second kappa shape index (κ2) is 8.49. The summed E-state index contributed by atoms with van der Waals surface area (Å²) < 4.78 is 0. The number of hydrogen-bond donors (Lipinski definition) is 1. The molecule has 0 saturated heterocycles. The lowest BCUT2D eigenvalue weighted by Gasteiger charge is -2.18. The Morgan fingerprint density at radius 3 is 2.45 bits per heavy atom. The van der Waals surface area contributed by atoms with Crippen molar-refractivity contribution in [3.05, 3.63) is 66.0 Å². The number of nitrogens with one attached hydrogen (secondary N) is 1. The molecule has 1 N–H and O–H groups in total. The van der Waals surface area contributed by atoms with E-state index in [2.05, 4.69) is 59.7 Å². The maximum absolute atomic E-state index is 4.09. The molecule has 1 aromatic heterocycles. The van der Waals surface area contributed by atoms with Crippen LogP contribution in [0.5, 0.6) is 0 Å². The lowest BCUT2D eigenvalue weighted by Crippen LogP contribution is -2.32. The molecule has 20 heavy (non-hydrogen) atoms. The quantitative estimate of drug-likeness (QED) is 0.791. The van der Waals surface area contributed by atoms with E-state index >= 15 is 0 Å². The molecule has 0 saturated carbocycles. The molecule has 2 rings (SSSR count). The highest BCUT2D eigenvalue weighted by Crippen LogP contribution is 2.10. The van der Waals surface area contributed by atoms with Crippen LogP contribution in [0.15, 0.2) is 54.9 Å². The monoisotopic (exact) mass is 268 g/mol. The maximum atomic E-state index is 4.09. The van der Waals surface area contributed by atoms with Gasteiger partial charge in [0.25, 0.3) is 0 Å². The second-order valence-corrected chi connectivity index (χ2v) is 5.23. The third-order valence-corrected chi connectivity index (χ3v) is 3.54. The Labute approximate surface area is 122 Å². The van der Waals surface area contributed by atoms with E-state index in [4.69, 9.17) is 0 Å². The van der Waals surface area contributed by atoms with Crippen molar-refractivity contribution in [2.24, 2.45) is 0 Å². The molecule has 0 amide bonds. The van der Waals surface area contributed by atoms with Gasteiger partial charge in [-0.15, -0.1) is 0 Å². The van der Waals surface area contributed by atoms with Gasteiger partial charge in [-0.3, -0.25) is 4.98 Å². The highest BCUT2D eigenvalue weighted by molar-refractivity contribution is 5.16. The molecule has 0 fully saturated rings. The van der Waals surface area contributed by atoms with Crippen LogP contribution in [-0.2, 0) is 12.8 Å². The van der Waals surface area contributed by atoms with Crippen molar-refractivity contribution in [1.29, 1.82) is 0 Å². The van der Waals surface area contributed by atoms with Crippen LogP contribution < -0.4 is 5.32 Å². The Kier molecular flexibility index (Phi) is 6.25. The summed E-state index contributed by atoms with van der Waals surface area (Å²) in [6, 6.07) is 15.5. The van der Waals surface area contributed by atoms with Crippen molar-refractivity contribution < 1.29 is 0 Å². The first-order valence-electron chi connectivity index (χ1n) is 7.54. The Morgan fingerprint density at radius 2 is 1.75 bits per heavy atom.